The van der Waals surface area contributed by atoms with Gasteiger partial charge in [-0.1, -0.05) is 0 Å². The van der Waals surface area contributed by atoms with Crippen molar-refractivity contribution in [3.05, 3.63) is 22.6 Å². The molecule has 0 unspecified atom stereocenters. The average molecular weight is 286 g/mol. The van der Waals surface area contributed by atoms with Crippen molar-refractivity contribution in [2.75, 3.05) is 14.2 Å². The number of pyridine rings is 1. The van der Waals surface area contributed by atoms with E-state index >= 15 is 0 Å². The molecule has 2 heterocycles. The Morgan fingerprint density at radius 3 is 2.88 bits per heavy atom. The predicted octanol–water partition coefficient (Wildman–Crippen LogP) is 1.29. The van der Waals surface area contributed by atoms with Gasteiger partial charge in [-0.05, 0) is 15.9 Å². The van der Waals surface area contributed by atoms with E-state index in [0.717, 1.165) is 0 Å². The molecule has 0 spiro atoms. The zero-order chi connectivity index (χ0) is 11.7. The van der Waals surface area contributed by atoms with Crippen LogP contribution < -0.4 is 4.74 Å². The summed E-state index contributed by atoms with van der Waals surface area (Å²) in [6.45, 7) is 0. The summed E-state index contributed by atoms with van der Waals surface area (Å²) in [6.07, 6.45) is 1.53. The Hall–Kier alpha value is -1.63. The summed E-state index contributed by atoms with van der Waals surface area (Å²) in [5.41, 5.74) is 0.881. The van der Waals surface area contributed by atoms with Crippen LogP contribution in [0.25, 0.3) is 5.65 Å². The maximum atomic E-state index is 11.4. The molecular weight excluding hydrogens is 278 g/mol. The van der Waals surface area contributed by atoms with Gasteiger partial charge in [0.25, 0.3) is 0 Å². The quantitative estimate of drug-likeness (QED) is 0.778. The highest BCUT2D eigenvalue weighted by Gasteiger charge is 2.13. The SMILES string of the molecule is COC(=O)c1cc(OC)c2nc(Br)nn2c1. The van der Waals surface area contributed by atoms with E-state index in [0.29, 0.717) is 21.7 Å². The molecule has 2 aromatic heterocycles. The second kappa shape index (κ2) is 4.09. The monoisotopic (exact) mass is 285 g/mol. The summed E-state index contributed by atoms with van der Waals surface area (Å²) >= 11 is 3.15. The first kappa shape index (κ1) is 10.9. The molecule has 0 aliphatic heterocycles. The molecule has 0 aliphatic carbocycles. The largest absolute Gasteiger partial charge is 0.493 e. The fourth-order valence-electron chi connectivity index (χ4n) is 1.31. The minimum Gasteiger partial charge on any atom is -0.493 e. The number of esters is 1. The van der Waals surface area contributed by atoms with E-state index < -0.39 is 5.97 Å². The van der Waals surface area contributed by atoms with E-state index in [2.05, 4.69) is 30.7 Å². The van der Waals surface area contributed by atoms with Crippen LogP contribution in [0.3, 0.4) is 0 Å². The number of fused-ring (bicyclic) bond motifs is 1. The van der Waals surface area contributed by atoms with Gasteiger partial charge in [0.05, 0.1) is 19.8 Å². The molecule has 6 nitrogen and oxygen atoms in total. The molecule has 0 saturated heterocycles. The number of nitrogens with zero attached hydrogens (tertiary/aromatic N) is 3. The van der Waals surface area contributed by atoms with Gasteiger partial charge in [0, 0.05) is 12.3 Å². The third-order valence-electron chi connectivity index (χ3n) is 2.01. The van der Waals surface area contributed by atoms with Gasteiger partial charge >= 0.3 is 5.97 Å². The second-order valence-electron chi connectivity index (χ2n) is 2.94. The van der Waals surface area contributed by atoms with Crippen LogP contribution in [0.15, 0.2) is 17.0 Å². The maximum absolute atomic E-state index is 11.4. The van der Waals surface area contributed by atoms with Gasteiger partial charge in [-0.3, -0.25) is 0 Å². The van der Waals surface area contributed by atoms with E-state index in [9.17, 15) is 4.79 Å². The van der Waals surface area contributed by atoms with E-state index in [1.165, 1.54) is 24.9 Å². The van der Waals surface area contributed by atoms with Gasteiger partial charge in [-0.25, -0.2) is 9.31 Å². The van der Waals surface area contributed by atoms with Gasteiger partial charge < -0.3 is 9.47 Å². The highest BCUT2D eigenvalue weighted by Crippen LogP contribution is 2.21. The van der Waals surface area contributed by atoms with Gasteiger partial charge in [-0.15, -0.1) is 5.10 Å². The van der Waals surface area contributed by atoms with Crippen molar-refractivity contribution in [3.8, 4) is 5.75 Å². The van der Waals surface area contributed by atoms with Crippen molar-refractivity contribution in [3.63, 3.8) is 0 Å². The lowest BCUT2D eigenvalue weighted by Crippen LogP contribution is -2.04. The van der Waals surface area contributed by atoms with Crippen molar-refractivity contribution in [1.29, 1.82) is 0 Å². The summed E-state index contributed by atoms with van der Waals surface area (Å²) in [6, 6.07) is 1.56. The Balaban J connectivity index is 2.67. The molecule has 0 bridgehead atoms. The molecule has 0 aliphatic rings. The normalized spacial score (nSPS) is 10.4. The highest BCUT2D eigenvalue weighted by molar-refractivity contribution is 9.10. The van der Waals surface area contributed by atoms with E-state index in [1.54, 1.807) is 6.07 Å². The predicted molar refractivity (Wildman–Crippen MR) is 58.6 cm³/mol. The molecule has 0 N–H and O–H groups in total. The van der Waals surface area contributed by atoms with Crippen LogP contribution >= 0.6 is 15.9 Å². The Morgan fingerprint density at radius 2 is 2.25 bits per heavy atom. The fraction of sp³-hybridized carbons (Fsp3) is 0.222. The second-order valence-corrected chi connectivity index (χ2v) is 3.65. The fourth-order valence-corrected chi connectivity index (χ4v) is 1.65. The van der Waals surface area contributed by atoms with Crippen molar-refractivity contribution in [2.45, 2.75) is 0 Å². The molecule has 16 heavy (non-hydrogen) atoms. The molecule has 2 rings (SSSR count). The average Bonchev–Trinajstić information content (AvgIpc) is 2.66. The standard InChI is InChI=1S/C9H8BrN3O3/c1-15-6-3-5(8(14)16-2)4-13-7(6)11-9(10)12-13/h3-4H,1-2H3. The Kier molecular flexibility index (Phi) is 2.78. The van der Waals surface area contributed by atoms with Crippen LogP contribution in [-0.4, -0.2) is 34.8 Å². The number of carbonyl (C=O) groups is 1. The van der Waals surface area contributed by atoms with Crippen LogP contribution in [0.2, 0.25) is 0 Å². The number of hydrogen-bond acceptors (Lipinski definition) is 5. The first-order valence-electron chi connectivity index (χ1n) is 4.34. The number of aromatic nitrogens is 3. The Morgan fingerprint density at radius 1 is 1.50 bits per heavy atom. The van der Waals surface area contributed by atoms with E-state index in [-0.39, 0.29) is 0 Å². The third-order valence-corrected chi connectivity index (χ3v) is 2.35. The molecule has 0 fully saturated rings. The molecule has 0 saturated carbocycles. The first-order chi connectivity index (χ1) is 7.65. The minimum absolute atomic E-state index is 0.351. The first-order valence-corrected chi connectivity index (χ1v) is 5.13. The number of ether oxygens (including phenoxy) is 2. The van der Waals surface area contributed by atoms with Crippen LogP contribution in [0, 0.1) is 0 Å². The van der Waals surface area contributed by atoms with E-state index in [4.69, 9.17) is 4.74 Å². The zero-order valence-corrected chi connectivity index (χ0v) is 10.2. The molecule has 0 amide bonds. The topological polar surface area (TPSA) is 65.7 Å². The molecule has 0 atom stereocenters. The third kappa shape index (κ3) is 1.73. The summed E-state index contributed by atoms with van der Waals surface area (Å²) < 4.78 is 11.6. The van der Waals surface area contributed by atoms with Crippen molar-refractivity contribution in [2.24, 2.45) is 0 Å². The van der Waals surface area contributed by atoms with Crippen LogP contribution in [-0.2, 0) is 4.74 Å². The summed E-state index contributed by atoms with van der Waals surface area (Å²) in [4.78, 5) is 15.5. The molecule has 0 radical (unpaired) electrons. The lowest BCUT2D eigenvalue weighted by atomic mass is 10.3. The number of hydrogen-bond donors (Lipinski definition) is 0. The minimum atomic E-state index is -0.452. The number of rotatable bonds is 2. The summed E-state index contributed by atoms with van der Waals surface area (Å²) in [5, 5.41) is 4.03. The molecule has 0 aromatic carbocycles. The number of halogens is 1. The van der Waals surface area contributed by atoms with Crippen LogP contribution in [0.1, 0.15) is 10.4 Å². The summed E-state index contributed by atoms with van der Waals surface area (Å²) in [7, 11) is 2.81. The van der Waals surface area contributed by atoms with Crippen molar-refractivity contribution in [1.82, 2.24) is 14.6 Å². The highest BCUT2D eigenvalue weighted by atomic mass is 79.9. The Labute approximate surface area is 99.3 Å². The lowest BCUT2D eigenvalue weighted by molar-refractivity contribution is 0.0599. The van der Waals surface area contributed by atoms with Gasteiger partial charge in [0.2, 0.25) is 4.73 Å². The van der Waals surface area contributed by atoms with Gasteiger partial charge in [0.1, 0.15) is 0 Å². The van der Waals surface area contributed by atoms with Gasteiger partial charge in [-0.2, -0.15) is 4.98 Å². The van der Waals surface area contributed by atoms with Gasteiger partial charge in [0.15, 0.2) is 11.4 Å². The maximum Gasteiger partial charge on any atom is 0.339 e. The van der Waals surface area contributed by atoms with Crippen LogP contribution in [0.4, 0.5) is 0 Å². The molecule has 2 aromatic rings. The zero-order valence-electron chi connectivity index (χ0n) is 8.60. The number of methoxy groups -OCH3 is 2. The Bertz CT molecular complexity index is 552. The summed E-state index contributed by atoms with van der Waals surface area (Å²) in [5.74, 6) is 0.00734. The molecule has 84 valence electrons. The molecule has 7 heteroatoms. The number of carbonyl (C=O) groups excluding carboxylic acids is 1. The molecular formula is C9H8BrN3O3. The van der Waals surface area contributed by atoms with E-state index in [1.807, 2.05) is 0 Å². The smallest absolute Gasteiger partial charge is 0.339 e. The lowest BCUT2D eigenvalue weighted by Gasteiger charge is -2.04. The van der Waals surface area contributed by atoms with Crippen molar-refractivity contribution < 1.29 is 14.3 Å². The van der Waals surface area contributed by atoms with Crippen molar-refractivity contribution >= 4 is 27.5 Å². The van der Waals surface area contributed by atoms with Crippen LogP contribution in [0.5, 0.6) is 5.75 Å².